The van der Waals surface area contributed by atoms with E-state index in [1.807, 2.05) is 30.3 Å². The van der Waals surface area contributed by atoms with Gasteiger partial charge in [-0.25, -0.2) is 4.79 Å². The average Bonchev–Trinajstić information content (AvgIpc) is 2.87. The Hall–Kier alpha value is -2.61. The van der Waals surface area contributed by atoms with E-state index >= 15 is 0 Å². The van der Waals surface area contributed by atoms with Crippen molar-refractivity contribution in [2.45, 2.75) is 50.2 Å². The van der Waals surface area contributed by atoms with Crippen LogP contribution in [0.25, 0.3) is 0 Å². The van der Waals surface area contributed by atoms with Gasteiger partial charge in [-0.3, -0.25) is 4.79 Å². The molecule has 0 radical (unpaired) electrons. The summed E-state index contributed by atoms with van der Waals surface area (Å²) < 4.78 is 5.48. The fourth-order valence-electron chi connectivity index (χ4n) is 4.68. The van der Waals surface area contributed by atoms with Gasteiger partial charge in [0, 0.05) is 55.5 Å². The van der Waals surface area contributed by atoms with Gasteiger partial charge in [0.05, 0.1) is 0 Å². The molecule has 34 heavy (non-hydrogen) atoms. The highest BCUT2D eigenvalue weighted by molar-refractivity contribution is 6.30. The molecule has 3 amide bonds. The van der Waals surface area contributed by atoms with Crippen LogP contribution in [-0.2, 0) is 16.0 Å². The Morgan fingerprint density at radius 1 is 0.971 bits per heavy atom. The summed E-state index contributed by atoms with van der Waals surface area (Å²) in [6.45, 7) is 3.63. The second-order valence-electron chi connectivity index (χ2n) is 9.01. The van der Waals surface area contributed by atoms with E-state index in [-0.39, 0.29) is 11.9 Å². The topological polar surface area (TPSA) is 82.7 Å². The first-order valence-electron chi connectivity index (χ1n) is 12.1. The molecule has 1 unspecified atom stereocenters. The number of benzene rings is 2. The van der Waals surface area contributed by atoms with Crippen molar-refractivity contribution in [1.29, 1.82) is 0 Å². The summed E-state index contributed by atoms with van der Waals surface area (Å²) in [5.41, 5.74) is 1.60. The molecule has 2 aromatic carbocycles. The molecule has 0 saturated carbocycles. The zero-order valence-corrected chi connectivity index (χ0v) is 20.1. The molecule has 2 aromatic rings. The van der Waals surface area contributed by atoms with Crippen molar-refractivity contribution < 1.29 is 14.3 Å². The normalized spacial score (nSPS) is 18.7. The molecule has 2 saturated heterocycles. The predicted octanol–water partition coefficient (Wildman–Crippen LogP) is 3.83. The Kier molecular flexibility index (Phi) is 8.79. The zero-order valence-electron chi connectivity index (χ0n) is 19.3. The standard InChI is InChI=1S/C26H33ClN4O3/c27-20-6-8-21(9-7-20)29-26(33)30-24(18-19-4-2-1-3-5-19)25(32)28-22-10-14-31(15-11-22)23-12-16-34-17-13-23/h1-9,22-24H,10-18H2,(H,28,32)(H2,29,30,33). The number of amides is 3. The summed E-state index contributed by atoms with van der Waals surface area (Å²) in [5, 5.41) is 9.42. The van der Waals surface area contributed by atoms with E-state index in [4.69, 9.17) is 16.3 Å². The molecule has 182 valence electrons. The smallest absolute Gasteiger partial charge is 0.319 e. The number of rotatable bonds is 7. The van der Waals surface area contributed by atoms with E-state index in [9.17, 15) is 9.59 Å². The maximum Gasteiger partial charge on any atom is 0.319 e. The molecular formula is C26H33ClN4O3. The van der Waals surface area contributed by atoms with Crippen LogP contribution in [0.3, 0.4) is 0 Å². The molecule has 2 fully saturated rings. The lowest BCUT2D eigenvalue weighted by molar-refractivity contribution is -0.124. The highest BCUT2D eigenvalue weighted by atomic mass is 35.5. The van der Waals surface area contributed by atoms with Crippen LogP contribution in [0.1, 0.15) is 31.2 Å². The van der Waals surface area contributed by atoms with E-state index in [0.717, 1.165) is 57.6 Å². The van der Waals surface area contributed by atoms with Crippen LogP contribution in [0.15, 0.2) is 54.6 Å². The highest BCUT2D eigenvalue weighted by Gasteiger charge is 2.29. The number of urea groups is 1. The van der Waals surface area contributed by atoms with Crippen molar-refractivity contribution in [2.24, 2.45) is 0 Å². The SMILES string of the molecule is O=C(Nc1ccc(Cl)cc1)NC(Cc1ccccc1)C(=O)NC1CCN(C2CCOCC2)CC1. The van der Waals surface area contributed by atoms with Crippen molar-refractivity contribution in [1.82, 2.24) is 15.5 Å². The number of halogens is 1. The van der Waals surface area contributed by atoms with Crippen molar-refractivity contribution in [3.63, 3.8) is 0 Å². The van der Waals surface area contributed by atoms with Gasteiger partial charge >= 0.3 is 6.03 Å². The average molecular weight is 485 g/mol. The molecule has 2 aliphatic heterocycles. The third-order valence-electron chi connectivity index (χ3n) is 6.59. The maximum atomic E-state index is 13.2. The van der Waals surface area contributed by atoms with Crippen LogP contribution in [0, 0.1) is 0 Å². The van der Waals surface area contributed by atoms with Crippen LogP contribution in [0.4, 0.5) is 10.5 Å². The Bertz CT molecular complexity index is 927. The number of carbonyl (C=O) groups excluding carboxylic acids is 2. The number of nitrogens with one attached hydrogen (secondary N) is 3. The fraction of sp³-hybridized carbons (Fsp3) is 0.462. The van der Waals surface area contributed by atoms with Gasteiger partial charge in [0.1, 0.15) is 6.04 Å². The van der Waals surface area contributed by atoms with Gasteiger partial charge in [-0.2, -0.15) is 0 Å². The lowest BCUT2D eigenvalue weighted by Crippen LogP contribution is -2.54. The Labute approximate surface area is 206 Å². The number of piperidine rings is 1. The third-order valence-corrected chi connectivity index (χ3v) is 6.84. The lowest BCUT2D eigenvalue weighted by Gasteiger charge is -2.39. The summed E-state index contributed by atoms with van der Waals surface area (Å²) in [7, 11) is 0. The summed E-state index contributed by atoms with van der Waals surface area (Å²) in [5.74, 6) is -0.153. The van der Waals surface area contributed by atoms with E-state index in [2.05, 4.69) is 20.9 Å². The second-order valence-corrected chi connectivity index (χ2v) is 9.45. The van der Waals surface area contributed by atoms with Gasteiger partial charge in [0.15, 0.2) is 0 Å². The molecule has 1 atom stereocenters. The van der Waals surface area contributed by atoms with E-state index < -0.39 is 12.1 Å². The summed E-state index contributed by atoms with van der Waals surface area (Å²) in [6.07, 6.45) is 4.42. The first kappa shape index (κ1) is 24.5. The number of ether oxygens (including phenoxy) is 1. The molecule has 7 nitrogen and oxygen atoms in total. The maximum absolute atomic E-state index is 13.2. The van der Waals surface area contributed by atoms with Gasteiger partial charge in [0.25, 0.3) is 0 Å². The van der Waals surface area contributed by atoms with Crippen LogP contribution in [0.5, 0.6) is 0 Å². The minimum absolute atomic E-state index is 0.114. The molecule has 0 bridgehead atoms. The molecule has 2 heterocycles. The van der Waals surface area contributed by atoms with Gasteiger partial charge in [0.2, 0.25) is 5.91 Å². The number of anilines is 1. The van der Waals surface area contributed by atoms with Gasteiger partial charge < -0.3 is 25.6 Å². The molecule has 4 rings (SSSR count). The van der Waals surface area contributed by atoms with Crippen LogP contribution >= 0.6 is 11.6 Å². The van der Waals surface area contributed by atoms with Crippen molar-refractivity contribution in [3.05, 3.63) is 65.2 Å². The molecular weight excluding hydrogens is 452 g/mol. The first-order valence-corrected chi connectivity index (χ1v) is 12.4. The molecule has 0 aliphatic carbocycles. The lowest BCUT2D eigenvalue weighted by atomic mass is 9.99. The van der Waals surface area contributed by atoms with Crippen LogP contribution < -0.4 is 16.0 Å². The number of nitrogens with zero attached hydrogens (tertiary/aromatic N) is 1. The summed E-state index contributed by atoms with van der Waals surface area (Å²) in [4.78, 5) is 28.4. The number of likely N-dealkylation sites (tertiary alicyclic amines) is 1. The number of carbonyl (C=O) groups is 2. The second kappa shape index (κ2) is 12.2. The molecule has 8 heteroatoms. The Morgan fingerprint density at radius 3 is 2.32 bits per heavy atom. The minimum atomic E-state index is -0.678. The number of hydrogen-bond donors (Lipinski definition) is 3. The molecule has 3 N–H and O–H groups in total. The third kappa shape index (κ3) is 7.19. The Balaban J connectivity index is 1.33. The zero-order chi connectivity index (χ0) is 23.8. The summed E-state index contributed by atoms with van der Waals surface area (Å²) in [6, 6.07) is 16.2. The van der Waals surface area contributed by atoms with Crippen LogP contribution in [-0.4, -0.2) is 61.3 Å². The van der Waals surface area contributed by atoms with E-state index in [1.165, 1.54) is 0 Å². The van der Waals surface area contributed by atoms with Crippen LogP contribution in [0.2, 0.25) is 5.02 Å². The van der Waals surface area contributed by atoms with Gasteiger partial charge in [-0.15, -0.1) is 0 Å². The fourth-order valence-corrected chi connectivity index (χ4v) is 4.80. The number of hydrogen-bond acceptors (Lipinski definition) is 4. The minimum Gasteiger partial charge on any atom is -0.381 e. The highest BCUT2D eigenvalue weighted by Crippen LogP contribution is 2.20. The Morgan fingerprint density at radius 2 is 1.65 bits per heavy atom. The van der Waals surface area contributed by atoms with E-state index in [0.29, 0.717) is 23.2 Å². The molecule has 0 aromatic heterocycles. The predicted molar refractivity (Wildman–Crippen MR) is 134 cm³/mol. The first-order chi connectivity index (χ1) is 16.6. The van der Waals surface area contributed by atoms with Gasteiger partial charge in [-0.05, 0) is 55.5 Å². The largest absolute Gasteiger partial charge is 0.381 e. The molecule has 2 aliphatic rings. The van der Waals surface area contributed by atoms with Gasteiger partial charge in [-0.1, -0.05) is 41.9 Å². The summed E-state index contributed by atoms with van der Waals surface area (Å²) >= 11 is 5.92. The van der Waals surface area contributed by atoms with Crippen molar-refractivity contribution in [2.75, 3.05) is 31.6 Å². The monoisotopic (exact) mass is 484 g/mol. The van der Waals surface area contributed by atoms with Crippen molar-refractivity contribution in [3.8, 4) is 0 Å². The van der Waals surface area contributed by atoms with Crippen molar-refractivity contribution >= 4 is 29.2 Å². The van der Waals surface area contributed by atoms with E-state index in [1.54, 1.807) is 24.3 Å². The quantitative estimate of drug-likeness (QED) is 0.557. The molecule has 0 spiro atoms.